The van der Waals surface area contributed by atoms with Gasteiger partial charge in [-0.25, -0.2) is 4.79 Å². The Morgan fingerprint density at radius 3 is 2.57 bits per heavy atom. The fourth-order valence-electron chi connectivity index (χ4n) is 3.31. The maximum absolute atomic E-state index is 12.9. The van der Waals surface area contributed by atoms with Crippen LogP contribution in [0.3, 0.4) is 0 Å². The first-order valence-corrected chi connectivity index (χ1v) is 10.6. The Bertz CT molecular complexity index is 1050. The molecule has 1 saturated heterocycles. The van der Waals surface area contributed by atoms with E-state index in [4.69, 9.17) is 4.74 Å². The smallest absolute Gasteiger partial charge is 0.355 e. The highest BCUT2D eigenvalue weighted by Gasteiger charge is 2.67. The van der Waals surface area contributed by atoms with Gasteiger partial charge in [-0.3, -0.25) is 19.8 Å². The van der Waals surface area contributed by atoms with Crippen molar-refractivity contribution in [2.75, 3.05) is 0 Å². The molecule has 1 amide bonds. The predicted octanol–water partition coefficient (Wildman–Crippen LogP) is 3.26. The second kappa shape index (κ2) is 7.86. The summed E-state index contributed by atoms with van der Waals surface area (Å²) in [4.78, 5) is 36.9. The summed E-state index contributed by atoms with van der Waals surface area (Å²) in [6.07, 6.45) is -1.08. The number of fused-ring (bicyclic) bond motifs is 1. The topological polar surface area (TPSA) is 110 Å². The minimum Gasteiger partial charge on any atom is -0.456 e. The van der Waals surface area contributed by atoms with E-state index in [-0.39, 0.29) is 18.0 Å². The van der Waals surface area contributed by atoms with Gasteiger partial charge < -0.3 is 9.84 Å². The summed E-state index contributed by atoms with van der Waals surface area (Å²) in [5, 5.41) is 22.5. The SMILES string of the molecule is O=C(OCc1ccc([N+](=O)[O-])cc1)C1=CS[C@H]2N1C(=O)[C@@]2(Br)[C@H](O)c1ccccc1. The molecule has 4 rings (SSSR count). The van der Waals surface area contributed by atoms with E-state index >= 15 is 0 Å². The van der Waals surface area contributed by atoms with Gasteiger partial charge in [-0.05, 0) is 23.3 Å². The number of non-ortho nitro benzene ring substituents is 1. The first kappa shape index (κ1) is 20.6. The third-order valence-electron chi connectivity index (χ3n) is 4.95. The third kappa shape index (κ3) is 3.30. The summed E-state index contributed by atoms with van der Waals surface area (Å²) in [6.45, 7) is -0.0857. The average Bonchev–Trinajstić information content (AvgIpc) is 3.19. The molecule has 30 heavy (non-hydrogen) atoms. The van der Waals surface area contributed by atoms with Gasteiger partial charge in [0.2, 0.25) is 0 Å². The number of ether oxygens (including phenoxy) is 1. The van der Waals surface area contributed by atoms with Gasteiger partial charge >= 0.3 is 5.97 Å². The van der Waals surface area contributed by atoms with Crippen LogP contribution in [0.5, 0.6) is 0 Å². The Morgan fingerprint density at radius 1 is 1.27 bits per heavy atom. The van der Waals surface area contributed by atoms with Crippen LogP contribution in [-0.2, 0) is 20.9 Å². The lowest BCUT2D eigenvalue weighted by Crippen LogP contribution is -2.69. The van der Waals surface area contributed by atoms with E-state index in [1.54, 1.807) is 29.7 Å². The Hall–Kier alpha value is -2.69. The van der Waals surface area contributed by atoms with E-state index in [9.17, 15) is 24.8 Å². The highest BCUT2D eigenvalue weighted by atomic mass is 79.9. The Kier molecular flexibility index (Phi) is 5.39. The number of carbonyl (C=O) groups excluding carboxylic acids is 2. The maximum atomic E-state index is 12.9. The van der Waals surface area contributed by atoms with E-state index in [1.165, 1.54) is 40.9 Å². The third-order valence-corrected chi connectivity index (χ3v) is 7.66. The zero-order valence-electron chi connectivity index (χ0n) is 15.3. The van der Waals surface area contributed by atoms with Crippen LogP contribution in [0.25, 0.3) is 0 Å². The van der Waals surface area contributed by atoms with E-state index < -0.39 is 32.6 Å². The average molecular weight is 491 g/mol. The molecule has 0 radical (unpaired) electrons. The normalized spacial score (nSPS) is 23.3. The molecule has 2 aliphatic rings. The van der Waals surface area contributed by atoms with E-state index in [0.29, 0.717) is 11.1 Å². The van der Waals surface area contributed by atoms with Crippen molar-refractivity contribution in [3.05, 3.63) is 86.9 Å². The lowest BCUT2D eigenvalue weighted by Gasteiger charge is -2.51. The van der Waals surface area contributed by atoms with Gasteiger partial charge in [-0.1, -0.05) is 46.3 Å². The number of halogens is 1. The zero-order chi connectivity index (χ0) is 21.5. The molecule has 2 aromatic carbocycles. The van der Waals surface area contributed by atoms with Gasteiger partial charge in [0, 0.05) is 17.5 Å². The Morgan fingerprint density at radius 2 is 1.93 bits per heavy atom. The molecule has 154 valence electrons. The van der Waals surface area contributed by atoms with Crippen molar-refractivity contribution in [1.29, 1.82) is 0 Å². The molecule has 0 aliphatic carbocycles. The van der Waals surface area contributed by atoms with Gasteiger partial charge in [0.05, 0.1) is 4.92 Å². The van der Waals surface area contributed by atoms with Crippen LogP contribution >= 0.6 is 27.7 Å². The molecule has 8 nitrogen and oxygen atoms in total. The van der Waals surface area contributed by atoms with Crippen LogP contribution in [0.15, 0.2) is 65.7 Å². The van der Waals surface area contributed by atoms with Crippen molar-refractivity contribution < 1.29 is 24.4 Å². The molecule has 1 fully saturated rings. The van der Waals surface area contributed by atoms with Gasteiger partial charge in [0.15, 0.2) is 4.32 Å². The number of aliphatic hydroxyl groups is 1. The van der Waals surface area contributed by atoms with Crippen LogP contribution in [0, 0.1) is 10.1 Å². The lowest BCUT2D eigenvalue weighted by atomic mass is 9.87. The lowest BCUT2D eigenvalue weighted by molar-refractivity contribution is -0.384. The highest BCUT2D eigenvalue weighted by molar-refractivity contribution is 9.10. The number of hydrogen-bond acceptors (Lipinski definition) is 7. The van der Waals surface area contributed by atoms with Gasteiger partial charge in [0.25, 0.3) is 11.6 Å². The summed E-state index contributed by atoms with van der Waals surface area (Å²) < 4.78 is 4.02. The molecule has 2 aromatic rings. The Labute approximate surface area is 183 Å². The molecule has 0 aromatic heterocycles. The quantitative estimate of drug-likeness (QED) is 0.217. The molecule has 3 atom stereocenters. The minimum atomic E-state index is -1.24. The number of alkyl halides is 1. The zero-order valence-corrected chi connectivity index (χ0v) is 17.7. The number of rotatable bonds is 6. The fraction of sp³-hybridized carbons (Fsp3) is 0.200. The summed E-state index contributed by atoms with van der Waals surface area (Å²) in [6, 6.07) is 14.5. The van der Waals surface area contributed by atoms with Gasteiger partial charge in [0.1, 0.15) is 23.8 Å². The number of hydrogen-bond donors (Lipinski definition) is 1. The Balaban J connectivity index is 1.41. The van der Waals surface area contributed by atoms with Crippen LogP contribution in [0.4, 0.5) is 5.69 Å². The molecule has 0 unspecified atom stereocenters. The monoisotopic (exact) mass is 490 g/mol. The fourth-order valence-corrected chi connectivity index (χ4v) is 5.52. The maximum Gasteiger partial charge on any atom is 0.355 e. The molecule has 1 N–H and O–H groups in total. The van der Waals surface area contributed by atoms with Crippen molar-refractivity contribution in [3.8, 4) is 0 Å². The number of β-lactam (4-membered cyclic amide) rings is 1. The van der Waals surface area contributed by atoms with Crippen LogP contribution < -0.4 is 0 Å². The highest BCUT2D eigenvalue weighted by Crippen LogP contribution is 2.56. The number of aliphatic hydroxyl groups excluding tert-OH is 1. The van der Waals surface area contributed by atoms with Crippen LogP contribution in [0.2, 0.25) is 0 Å². The van der Waals surface area contributed by atoms with Crippen molar-refractivity contribution in [2.24, 2.45) is 0 Å². The first-order valence-electron chi connectivity index (χ1n) is 8.85. The molecular weight excluding hydrogens is 476 g/mol. The number of carbonyl (C=O) groups is 2. The van der Waals surface area contributed by atoms with Gasteiger partial charge in [-0.2, -0.15) is 0 Å². The summed E-state index contributed by atoms with van der Waals surface area (Å²) in [7, 11) is 0. The van der Waals surface area contributed by atoms with E-state index in [1.807, 2.05) is 6.07 Å². The number of benzene rings is 2. The number of thioether (sulfide) groups is 1. The van der Waals surface area contributed by atoms with Gasteiger partial charge in [-0.15, -0.1) is 11.8 Å². The second-order valence-electron chi connectivity index (χ2n) is 6.75. The molecule has 2 aliphatic heterocycles. The van der Waals surface area contributed by atoms with Crippen LogP contribution in [-0.4, -0.2) is 36.5 Å². The first-order chi connectivity index (χ1) is 14.3. The molecular formula is C20H15BrN2O6S. The standard InChI is InChI=1S/C20H15BrN2O6S/c21-20(16(24)13-4-2-1-3-5-13)18(26)22-15(11-30-19(20)22)17(25)29-10-12-6-8-14(9-7-12)23(27)28/h1-9,11,16,19,24H,10H2/t16-,19-,20+/m1/s1. The predicted molar refractivity (Wildman–Crippen MR) is 112 cm³/mol. The van der Waals surface area contributed by atoms with Crippen molar-refractivity contribution in [3.63, 3.8) is 0 Å². The van der Waals surface area contributed by atoms with Crippen molar-refractivity contribution in [2.45, 2.75) is 22.4 Å². The second-order valence-corrected chi connectivity index (χ2v) is 9.01. The van der Waals surface area contributed by atoms with E-state index in [0.717, 1.165) is 0 Å². The van der Waals surface area contributed by atoms with Crippen molar-refractivity contribution >= 4 is 45.3 Å². The molecule has 2 heterocycles. The van der Waals surface area contributed by atoms with E-state index in [2.05, 4.69) is 15.9 Å². The number of esters is 1. The van der Waals surface area contributed by atoms with Crippen molar-refractivity contribution in [1.82, 2.24) is 4.90 Å². The number of amides is 1. The summed E-state index contributed by atoms with van der Waals surface area (Å²) >= 11 is 4.66. The number of nitrogens with zero attached hydrogens (tertiary/aromatic N) is 2. The number of nitro groups is 1. The summed E-state index contributed by atoms with van der Waals surface area (Å²) in [5.74, 6) is -1.10. The molecule has 0 saturated carbocycles. The number of nitro benzene ring substituents is 1. The largest absolute Gasteiger partial charge is 0.456 e. The summed E-state index contributed by atoms with van der Waals surface area (Å²) in [5.41, 5.74) is 1.23. The molecule has 10 heteroatoms. The molecule has 0 spiro atoms. The molecule has 0 bridgehead atoms. The van der Waals surface area contributed by atoms with Crippen LogP contribution in [0.1, 0.15) is 17.2 Å². The minimum absolute atomic E-state index is 0.0559.